The number of rotatable bonds is 2. The Kier molecular flexibility index (Phi) is 2.37. The zero-order valence-corrected chi connectivity index (χ0v) is 9.87. The van der Waals surface area contributed by atoms with Crippen LogP contribution in [0, 0.1) is 0 Å². The van der Waals surface area contributed by atoms with E-state index >= 15 is 0 Å². The van der Waals surface area contributed by atoms with E-state index in [2.05, 4.69) is 9.97 Å². The molecule has 0 spiro atoms. The largest absolute Gasteiger partial charge is 0.482 e. The van der Waals surface area contributed by atoms with Gasteiger partial charge in [0.05, 0.1) is 7.11 Å². The number of nitrogens with zero attached hydrogens (tertiary/aromatic N) is 3. The lowest BCUT2D eigenvalue weighted by Crippen LogP contribution is -1.95. The fraction of sp³-hybridized carbons (Fsp3) is 0.0769. The molecule has 0 aliphatic rings. The Morgan fingerprint density at radius 2 is 2.06 bits per heavy atom. The Balaban J connectivity index is 2.27. The molecule has 0 bridgehead atoms. The van der Waals surface area contributed by atoms with Gasteiger partial charge in [0, 0.05) is 24.2 Å². The number of aromatic nitrogens is 3. The van der Waals surface area contributed by atoms with Crippen LogP contribution in [-0.2, 0) is 0 Å². The highest BCUT2D eigenvalue weighted by atomic mass is 16.5. The molecule has 3 aromatic heterocycles. The Hall–Kier alpha value is -2.56. The summed E-state index contributed by atoms with van der Waals surface area (Å²) in [5.41, 5.74) is 8.52. The maximum Gasteiger partial charge on any atom is 0.199 e. The summed E-state index contributed by atoms with van der Waals surface area (Å²) in [6, 6.07) is 7.61. The molecule has 2 N–H and O–H groups in total. The maximum absolute atomic E-state index is 5.71. The molecule has 3 heterocycles. The summed E-state index contributed by atoms with van der Waals surface area (Å²) in [5, 5.41) is 0. The molecule has 0 aliphatic heterocycles. The van der Waals surface area contributed by atoms with Crippen LogP contribution in [0.3, 0.4) is 0 Å². The zero-order valence-electron chi connectivity index (χ0n) is 9.87. The molecule has 3 aromatic rings. The van der Waals surface area contributed by atoms with Crippen LogP contribution in [-0.4, -0.2) is 21.5 Å². The highest BCUT2D eigenvalue weighted by molar-refractivity contribution is 5.79. The Morgan fingerprint density at radius 3 is 2.83 bits per heavy atom. The van der Waals surface area contributed by atoms with E-state index in [0.717, 1.165) is 22.7 Å². The number of hydrogen-bond acceptors (Lipinski definition) is 4. The lowest BCUT2D eigenvalue weighted by atomic mass is 10.1. The number of fused-ring (bicyclic) bond motifs is 1. The van der Waals surface area contributed by atoms with Crippen LogP contribution in [0.4, 0.5) is 5.82 Å². The van der Waals surface area contributed by atoms with Gasteiger partial charge in [0.15, 0.2) is 5.88 Å². The topological polar surface area (TPSA) is 65.4 Å². The van der Waals surface area contributed by atoms with Crippen LogP contribution in [0.15, 0.2) is 42.9 Å². The fourth-order valence-corrected chi connectivity index (χ4v) is 2.00. The van der Waals surface area contributed by atoms with E-state index in [9.17, 15) is 0 Å². The van der Waals surface area contributed by atoms with Gasteiger partial charge >= 0.3 is 0 Å². The Morgan fingerprint density at radius 1 is 1.17 bits per heavy atom. The predicted molar refractivity (Wildman–Crippen MR) is 69.4 cm³/mol. The van der Waals surface area contributed by atoms with Gasteiger partial charge < -0.3 is 10.5 Å². The lowest BCUT2D eigenvalue weighted by molar-refractivity contribution is 0.392. The molecule has 0 atom stereocenters. The first-order chi connectivity index (χ1) is 8.79. The fourth-order valence-electron chi connectivity index (χ4n) is 2.00. The van der Waals surface area contributed by atoms with Crippen molar-refractivity contribution in [3.05, 3.63) is 42.9 Å². The average molecular weight is 240 g/mol. The van der Waals surface area contributed by atoms with Gasteiger partial charge in [-0.15, -0.1) is 0 Å². The van der Waals surface area contributed by atoms with Gasteiger partial charge in [-0.2, -0.15) is 0 Å². The van der Waals surface area contributed by atoms with Crippen molar-refractivity contribution >= 4 is 11.5 Å². The van der Waals surface area contributed by atoms with Crippen LogP contribution in [0.25, 0.3) is 16.8 Å². The molecule has 0 saturated carbocycles. The number of imidazole rings is 1. The summed E-state index contributed by atoms with van der Waals surface area (Å²) in [4.78, 5) is 8.35. The molecule has 0 amide bonds. The highest BCUT2D eigenvalue weighted by Gasteiger charge is 2.09. The minimum absolute atomic E-state index is 0.494. The summed E-state index contributed by atoms with van der Waals surface area (Å²) in [5.74, 6) is 1.24. The molecule has 5 heteroatoms. The number of ether oxygens (including phenoxy) is 1. The maximum atomic E-state index is 5.71. The van der Waals surface area contributed by atoms with E-state index in [-0.39, 0.29) is 0 Å². The van der Waals surface area contributed by atoms with Crippen LogP contribution in [0.2, 0.25) is 0 Å². The first kappa shape index (κ1) is 10.6. The van der Waals surface area contributed by atoms with Crippen molar-refractivity contribution in [3.63, 3.8) is 0 Å². The van der Waals surface area contributed by atoms with Crippen LogP contribution in [0.1, 0.15) is 0 Å². The molecule has 0 fully saturated rings. The molecular formula is C13H12N4O. The van der Waals surface area contributed by atoms with E-state index < -0.39 is 0 Å². The second-order valence-electron chi connectivity index (χ2n) is 3.88. The number of pyridine rings is 2. The molecule has 0 unspecified atom stereocenters. The monoisotopic (exact) mass is 240 g/mol. The van der Waals surface area contributed by atoms with Crippen LogP contribution >= 0.6 is 0 Å². The number of anilines is 1. The second-order valence-corrected chi connectivity index (χ2v) is 3.88. The Bertz CT molecular complexity index is 705. The number of methoxy groups -OCH3 is 1. The molecular weight excluding hydrogens is 228 g/mol. The van der Waals surface area contributed by atoms with Gasteiger partial charge in [-0.3, -0.25) is 4.40 Å². The standard InChI is InChI=1S/C13H12N4O/c1-18-12-3-2-10(13-16-6-7-17(12)13)9-4-5-15-11(14)8-9/h2-8H,1H3,(H2,14,15). The van der Waals surface area contributed by atoms with E-state index in [1.807, 2.05) is 34.9 Å². The molecule has 5 nitrogen and oxygen atoms in total. The number of nitrogen functional groups attached to an aromatic ring is 1. The van der Waals surface area contributed by atoms with Gasteiger partial charge in [0.1, 0.15) is 11.5 Å². The third-order valence-electron chi connectivity index (χ3n) is 2.81. The van der Waals surface area contributed by atoms with Crippen LogP contribution < -0.4 is 10.5 Å². The van der Waals surface area contributed by atoms with Gasteiger partial charge in [-0.1, -0.05) is 0 Å². The summed E-state index contributed by atoms with van der Waals surface area (Å²) < 4.78 is 7.18. The minimum atomic E-state index is 0.494. The number of nitrogens with two attached hydrogens (primary N) is 1. The molecule has 0 saturated heterocycles. The summed E-state index contributed by atoms with van der Waals surface area (Å²) >= 11 is 0. The van der Waals surface area contributed by atoms with E-state index in [1.165, 1.54) is 0 Å². The zero-order chi connectivity index (χ0) is 12.5. The number of hydrogen-bond donors (Lipinski definition) is 1. The molecule has 0 radical (unpaired) electrons. The molecule has 0 aliphatic carbocycles. The van der Waals surface area contributed by atoms with E-state index in [1.54, 1.807) is 19.5 Å². The third-order valence-corrected chi connectivity index (χ3v) is 2.81. The lowest BCUT2D eigenvalue weighted by Gasteiger charge is -2.08. The summed E-state index contributed by atoms with van der Waals surface area (Å²) in [6.07, 6.45) is 5.29. The van der Waals surface area contributed by atoms with Gasteiger partial charge in [0.2, 0.25) is 0 Å². The Labute approximate surface area is 104 Å². The molecule has 18 heavy (non-hydrogen) atoms. The van der Waals surface area contributed by atoms with Crippen molar-refractivity contribution in [3.8, 4) is 17.0 Å². The van der Waals surface area contributed by atoms with Crippen molar-refractivity contribution in [2.24, 2.45) is 0 Å². The van der Waals surface area contributed by atoms with Gasteiger partial charge in [-0.25, -0.2) is 9.97 Å². The predicted octanol–water partition coefficient (Wildman–Crippen LogP) is 1.99. The van der Waals surface area contributed by atoms with Crippen LogP contribution in [0.5, 0.6) is 5.88 Å². The quantitative estimate of drug-likeness (QED) is 0.744. The van der Waals surface area contributed by atoms with Gasteiger partial charge in [-0.05, 0) is 29.8 Å². The summed E-state index contributed by atoms with van der Waals surface area (Å²) in [7, 11) is 1.64. The van der Waals surface area contributed by atoms with Gasteiger partial charge in [0.25, 0.3) is 0 Å². The molecule has 0 aromatic carbocycles. The average Bonchev–Trinajstić information content (AvgIpc) is 2.86. The van der Waals surface area contributed by atoms with Crippen molar-refractivity contribution in [1.82, 2.24) is 14.4 Å². The minimum Gasteiger partial charge on any atom is -0.482 e. The first-order valence-electron chi connectivity index (χ1n) is 5.51. The van der Waals surface area contributed by atoms with Crippen molar-refractivity contribution in [2.45, 2.75) is 0 Å². The second kappa shape index (κ2) is 4.03. The SMILES string of the molecule is COc1ccc(-c2ccnc(N)c2)c2nccn12. The normalized spacial score (nSPS) is 10.7. The third kappa shape index (κ3) is 1.57. The smallest absolute Gasteiger partial charge is 0.199 e. The van der Waals surface area contributed by atoms with E-state index in [4.69, 9.17) is 10.5 Å². The van der Waals surface area contributed by atoms with Crippen molar-refractivity contribution < 1.29 is 4.74 Å². The highest BCUT2D eigenvalue weighted by Crippen LogP contribution is 2.27. The van der Waals surface area contributed by atoms with Crippen molar-refractivity contribution in [2.75, 3.05) is 12.8 Å². The molecule has 3 rings (SSSR count). The van der Waals surface area contributed by atoms with E-state index in [0.29, 0.717) is 5.82 Å². The first-order valence-corrected chi connectivity index (χ1v) is 5.51. The van der Waals surface area contributed by atoms with Crippen molar-refractivity contribution in [1.29, 1.82) is 0 Å². The summed E-state index contributed by atoms with van der Waals surface area (Å²) in [6.45, 7) is 0. The molecule has 90 valence electrons.